The van der Waals surface area contributed by atoms with Crippen molar-refractivity contribution in [3.63, 3.8) is 0 Å². The van der Waals surface area contributed by atoms with E-state index in [0.717, 1.165) is 6.07 Å². The van der Waals surface area contributed by atoms with Crippen molar-refractivity contribution in [2.45, 2.75) is 26.6 Å². The van der Waals surface area contributed by atoms with E-state index in [1.165, 1.54) is 17.0 Å². The molecule has 1 aliphatic heterocycles. The maximum atomic E-state index is 13.7. The van der Waals surface area contributed by atoms with Crippen molar-refractivity contribution in [1.29, 1.82) is 0 Å². The molecule has 4 heterocycles. The van der Waals surface area contributed by atoms with Gasteiger partial charge in [-0.25, -0.2) is 4.98 Å². The van der Waals surface area contributed by atoms with Crippen LogP contribution >= 0.6 is 0 Å². The van der Waals surface area contributed by atoms with Crippen LogP contribution in [0.5, 0.6) is 0 Å². The number of carbonyl (C=O) groups excluding carboxylic acids is 1. The second kappa shape index (κ2) is 9.02. The van der Waals surface area contributed by atoms with E-state index in [2.05, 4.69) is 25.6 Å². The molecule has 0 saturated carbocycles. The van der Waals surface area contributed by atoms with E-state index in [0.29, 0.717) is 40.9 Å². The lowest BCUT2D eigenvalue weighted by atomic mass is 10.0. The third-order valence-corrected chi connectivity index (χ3v) is 6.22. The summed E-state index contributed by atoms with van der Waals surface area (Å²) < 4.78 is 44.4. The molecule has 0 saturated heterocycles. The Balaban J connectivity index is 1.63. The molecule has 37 heavy (non-hydrogen) atoms. The summed E-state index contributed by atoms with van der Waals surface area (Å²) in [4.78, 5) is 19.2. The number of anilines is 2. The number of halogens is 3. The van der Waals surface area contributed by atoms with Crippen LogP contribution in [0.4, 0.5) is 24.8 Å². The van der Waals surface area contributed by atoms with E-state index in [1.54, 1.807) is 34.9 Å². The Bertz CT molecular complexity index is 1490. The fourth-order valence-electron chi connectivity index (χ4n) is 4.44. The summed E-state index contributed by atoms with van der Waals surface area (Å²) in [5.41, 5.74) is 1.25. The number of nitrogens with zero attached hydrogens (tertiary/aromatic N) is 7. The predicted molar refractivity (Wildman–Crippen MR) is 132 cm³/mol. The molecule has 0 unspecified atom stereocenters. The first-order chi connectivity index (χ1) is 17.5. The SMILES string of the molecule is CC(C)CNc1cc(-c2c(-c3nncn3C)cnn2C)cc(N2Cc3c(cccc3C(F)(F)F)C2=O)n1. The zero-order valence-electron chi connectivity index (χ0n) is 20.7. The van der Waals surface area contributed by atoms with Crippen molar-refractivity contribution in [3.05, 3.63) is 59.5 Å². The molecule has 192 valence electrons. The first-order valence-corrected chi connectivity index (χ1v) is 11.7. The average Bonchev–Trinajstić information content (AvgIpc) is 3.53. The van der Waals surface area contributed by atoms with Gasteiger partial charge in [0.25, 0.3) is 5.91 Å². The summed E-state index contributed by atoms with van der Waals surface area (Å²) in [6.07, 6.45) is -1.31. The maximum Gasteiger partial charge on any atom is 0.416 e. The fourth-order valence-corrected chi connectivity index (χ4v) is 4.44. The van der Waals surface area contributed by atoms with E-state index < -0.39 is 17.6 Å². The number of hydrogen-bond acceptors (Lipinski definition) is 6. The molecule has 1 amide bonds. The minimum atomic E-state index is -4.57. The average molecular weight is 511 g/mol. The van der Waals surface area contributed by atoms with Crippen molar-refractivity contribution >= 4 is 17.5 Å². The fraction of sp³-hybridized carbons (Fsp3) is 0.320. The number of carbonyl (C=O) groups is 1. The lowest BCUT2D eigenvalue weighted by Crippen LogP contribution is -2.25. The van der Waals surface area contributed by atoms with Gasteiger partial charge < -0.3 is 9.88 Å². The van der Waals surface area contributed by atoms with Crippen LogP contribution in [0.15, 0.2) is 42.9 Å². The molecule has 4 aromatic rings. The number of fused-ring (bicyclic) bond motifs is 1. The van der Waals surface area contributed by atoms with Gasteiger partial charge in [0, 0.05) is 31.8 Å². The number of alkyl halides is 3. The lowest BCUT2D eigenvalue weighted by molar-refractivity contribution is -0.138. The molecule has 0 spiro atoms. The molecule has 0 radical (unpaired) electrons. The zero-order chi connectivity index (χ0) is 26.5. The van der Waals surface area contributed by atoms with Gasteiger partial charge in [-0.15, -0.1) is 10.2 Å². The molecule has 3 aromatic heterocycles. The van der Waals surface area contributed by atoms with E-state index >= 15 is 0 Å². The topological polar surface area (TPSA) is 93.8 Å². The first-order valence-electron chi connectivity index (χ1n) is 11.7. The quantitative estimate of drug-likeness (QED) is 0.410. The van der Waals surface area contributed by atoms with Gasteiger partial charge in [-0.1, -0.05) is 19.9 Å². The monoisotopic (exact) mass is 510 g/mol. The van der Waals surface area contributed by atoms with E-state index in [1.807, 2.05) is 27.0 Å². The van der Waals surface area contributed by atoms with Crippen LogP contribution < -0.4 is 10.2 Å². The lowest BCUT2D eigenvalue weighted by Gasteiger charge is -2.19. The van der Waals surface area contributed by atoms with Crippen LogP contribution in [0.2, 0.25) is 0 Å². The number of aromatic nitrogens is 6. The van der Waals surface area contributed by atoms with Crippen LogP contribution in [0.1, 0.15) is 35.3 Å². The number of hydrogen-bond donors (Lipinski definition) is 1. The Morgan fingerprint density at radius 1 is 1.14 bits per heavy atom. The highest BCUT2D eigenvalue weighted by atomic mass is 19.4. The Hall–Kier alpha value is -4.22. The summed E-state index contributed by atoms with van der Waals surface area (Å²) >= 11 is 0. The first kappa shape index (κ1) is 24.5. The predicted octanol–water partition coefficient (Wildman–Crippen LogP) is 4.52. The molecule has 0 atom stereocenters. The maximum absolute atomic E-state index is 13.7. The van der Waals surface area contributed by atoms with Crippen LogP contribution in [0, 0.1) is 5.92 Å². The highest BCUT2D eigenvalue weighted by Gasteiger charge is 2.40. The summed E-state index contributed by atoms with van der Waals surface area (Å²) in [6.45, 7) is 4.48. The Morgan fingerprint density at radius 3 is 2.59 bits per heavy atom. The standard InChI is InChI=1S/C25H25F3N8O/c1-14(2)10-29-20-8-15(22-17(11-31-35(22)4)23-33-30-13-34(23)3)9-21(32-20)36-12-18-16(24(36)37)6-5-7-19(18)25(26,27)28/h5-9,11,13-14H,10,12H2,1-4H3,(H,29,32). The molecule has 0 aliphatic carbocycles. The van der Waals surface area contributed by atoms with Gasteiger partial charge in [0.2, 0.25) is 0 Å². The Kier molecular flexibility index (Phi) is 5.97. The van der Waals surface area contributed by atoms with Crippen molar-refractivity contribution < 1.29 is 18.0 Å². The van der Waals surface area contributed by atoms with Crippen LogP contribution in [0.25, 0.3) is 22.6 Å². The minimum Gasteiger partial charge on any atom is -0.370 e. The van der Waals surface area contributed by atoms with E-state index in [-0.39, 0.29) is 23.5 Å². The van der Waals surface area contributed by atoms with Gasteiger partial charge >= 0.3 is 6.18 Å². The molecule has 1 aromatic carbocycles. The number of nitrogens with one attached hydrogen (secondary N) is 1. The largest absolute Gasteiger partial charge is 0.416 e. The number of pyridine rings is 1. The molecular weight excluding hydrogens is 485 g/mol. The second-order valence-electron chi connectivity index (χ2n) is 9.39. The number of benzene rings is 1. The molecule has 1 N–H and O–H groups in total. The van der Waals surface area contributed by atoms with Gasteiger partial charge in [-0.3, -0.25) is 14.4 Å². The van der Waals surface area contributed by atoms with Crippen molar-refractivity contribution in [3.8, 4) is 22.6 Å². The van der Waals surface area contributed by atoms with Gasteiger partial charge in [0.1, 0.15) is 18.0 Å². The van der Waals surface area contributed by atoms with Gasteiger partial charge in [-0.05, 0) is 35.7 Å². The summed E-state index contributed by atoms with van der Waals surface area (Å²) in [6, 6.07) is 7.19. The Morgan fingerprint density at radius 2 is 1.92 bits per heavy atom. The third-order valence-electron chi connectivity index (χ3n) is 6.22. The van der Waals surface area contributed by atoms with Crippen molar-refractivity contribution in [2.24, 2.45) is 20.0 Å². The smallest absolute Gasteiger partial charge is 0.370 e. The summed E-state index contributed by atoms with van der Waals surface area (Å²) in [5.74, 6) is 1.11. The normalized spacial score (nSPS) is 13.5. The second-order valence-corrected chi connectivity index (χ2v) is 9.39. The molecule has 12 heteroatoms. The van der Waals surface area contributed by atoms with E-state index in [9.17, 15) is 18.0 Å². The summed E-state index contributed by atoms with van der Waals surface area (Å²) in [7, 11) is 3.60. The van der Waals surface area contributed by atoms with Crippen molar-refractivity contribution in [2.75, 3.05) is 16.8 Å². The molecule has 5 rings (SSSR count). The Labute approximate surface area is 211 Å². The van der Waals surface area contributed by atoms with Crippen LogP contribution in [-0.2, 0) is 26.8 Å². The van der Waals surface area contributed by atoms with Crippen LogP contribution in [-0.4, -0.2) is 42.0 Å². The third kappa shape index (κ3) is 4.43. The van der Waals surface area contributed by atoms with E-state index in [4.69, 9.17) is 0 Å². The van der Waals surface area contributed by atoms with Crippen LogP contribution in [0.3, 0.4) is 0 Å². The highest BCUT2D eigenvalue weighted by molar-refractivity contribution is 6.10. The highest BCUT2D eigenvalue weighted by Crippen LogP contribution is 2.40. The molecule has 0 fully saturated rings. The molecule has 1 aliphatic rings. The molecular formula is C25H25F3N8O. The number of aryl methyl sites for hydroxylation is 2. The molecule has 9 nitrogen and oxygen atoms in total. The van der Waals surface area contributed by atoms with Gasteiger partial charge in [0.15, 0.2) is 5.82 Å². The summed E-state index contributed by atoms with van der Waals surface area (Å²) in [5, 5.41) is 15.8. The van der Waals surface area contributed by atoms with Crippen molar-refractivity contribution in [1.82, 2.24) is 29.5 Å². The zero-order valence-corrected chi connectivity index (χ0v) is 20.7. The molecule has 0 bridgehead atoms. The van der Waals surface area contributed by atoms with Gasteiger partial charge in [-0.2, -0.15) is 18.3 Å². The van der Waals surface area contributed by atoms with Gasteiger partial charge in [0.05, 0.1) is 29.6 Å². The number of amides is 1. The minimum absolute atomic E-state index is 0.0269. The number of rotatable bonds is 6.